The molecule has 6 nitrogen and oxygen atoms in total. The van der Waals surface area contributed by atoms with Crippen molar-refractivity contribution in [3.8, 4) is 0 Å². The minimum atomic E-state index is -1.20. The molecule has 0 saturated heterocycles. The van der Waals surface area contributed by atoms with Gasteiger partial charge in [0.2, 0.25) is 11.8 Å². The Morgan fingerprint density at radius 3 is 2.38 bits per heavy atom. The number of hydrogen-bond donors (Lipinski definition) is 3. The Balaban J connectivity index is 1.88. The molecule has 0 aliphatic heterocycles. The van der Waals surface area contributed by atoms with Crippen LogP contribution in [-0.2, 0) is 14.4 Å². The summed E-state index contributed by atoms with van der Waals surface area (Å²) in [5.41, 5.74) is -1.20. The summed E-state index contributed by atoms with van der Waals surface area (Å²) in [5.74, 6) is -1.48. The molecule has 2 amide bonds. The van der Waals surface area contributed by atoms with Gasteiger partial charge in [0.25, 0.3) is 0 Å². The fourth-order valence-electron chi connectivity index (χ4n) is 2.95. The summed E-state index contributed by atoms with van der Waals surface area (Å²) in [4.78, 5) is 35.3. The summed E-state index contributed by atoms with van der Waals surface area (Å²) in [6.45, 7) is 3.84. The number of hydrogen-bond acceptors (Lipinski definition) is 3. The van der Waals surface area contributed by atoms with E-state index in [2.05, 4.69) is 10.6 Å². The van der Waals surface area contributed by atoms with E-state index in [1.165, 1.54) is 0 Å². The number of carboxylic acid groups (broad SMARTS) is 1. The Labute approximate surface area is 124 Å². The summed E-state index contributed by atoms with van der Waals surface area (Å²) in [6.07, 6.45) is 3.94. The maximum absolute atomic E-state index is 12.1. The third-order valence-corrected chi connectivity index (χ3v) is 4.41. The number of aliphatic carboxylic acids is 1. The van der Waals surface area contributed by atoms with Gasteiger partial charge in [0.1, 0.15) is 5.41 Å². The molecule has 6 heteroatoms. The lowest BCUT2D eigenvalue weighted by molar-refractivity contribution is -0.149. The van der Waals surface area contributed by atoms with Crippen LogP contribution in [-0.4, -0.2) is 35.0 Å². The smallest absolute Gasteiger partial charge is 0.319 e. The molecular formula is C15H24N2O4. The molecule has 2 rings (SSSR count). The van der Waals surface area contributed by atoms with Crippen molar-refractivity contribution in [3.05, 3.63) is 0 Å². The summed E-state index contributed by atoms with van der Waals surface area (Å²) in [6, 6.07) is 0.0141. The van der Waals surface area contributed by atoms with Gasteiger partial charge in [-0.3, -0.25) is 14.4 Å². The predicted molar refractivity (Wildman–Crippen MR) is 76.5 cm³/mol. The molecule has 0 radical (unpaired) electrons. The maximum Gasteiger partial charge on any atom is 0.319 e. The highest BCUT2D eigenvalue weighted by atomic mass is 16.4. The molecule has 0 aromatic heterocycles. The summed E-state index contributed by atoms with van der Waals surface area (Å²) < 4.78 is 0. The van der Waals surface area contributed by atoms with Crippen LogP contribution in [0.2, 0.25) is 0 Å². The molecule has 0 heterocycles. The molecule has 118 valence electrons. The lowest BCUT2D eigenvalue weighted by atomic mass is 9.84. The van der Waals surface area contributed by atoms with Crippen molar-refractivity contribution in [2.75, 3.05) is 0 Å². The Kier molecular flexibility index (Phi) is 4.54. The molecule has 2 saturated carbocycles. The van der Waals surface area contributed by atoms with E-state index < -0.39 is 11.4 Å². The van der Waals surface area contributed by atoms with Crippen LogP contribution < -0.4 is 10.6 Å². The average molecular weight is 296 g/mol. The van der Waals surface area contributed by atoms with Gasteiger partial charge >= 0.3 is 5.97 Å². The number of amides is 2. The summed E-state index contributed by atoms with van der Waals surface area (Å²) in [7, 11) is 0. The minimum Gasteiger partial charge on any atom is -0.480 e. The topological polar surface area (TPSA) is 95.5 Å². The second kappa shape index (κ2) is 6.03. The molecule has 2 aliphatic carbocycles. The van der Waals surface area contributed by atoms with E-state index in [-0.39, 0.29) is 29.8 Å². The minimum absolute atomic E-state index is 0.0309. The first kappa shape index (κ1) is 15.8. The van der Waals surface area contributed by atoms with E-state index in [0.29, 0.717) is 19.3 Å². The Bertz CT molecular complexity index is 443. The van der Waals surface area contributed by atoms with Crippen molar-refractivity contribution in [1.82, 2.24) is 10.6 Å². The molecule has 0 bridgehead atoms. The lowest BCUT2D eigenvalue weighted by Crippen LogP contribution is -2.47. The normalized spacial score (nSPS) is 27.0. The predicted octanol–water partition coefficient (Wildman–Crippen LogP) is 1.05. The standard InChI is InChI=1S/C15H24N2O4/c1-9(2)16-12(18)10-4-3-5-11(8-10)17-13(19)15(6-7-15)14(20)21/h9-11H,3-8H2,1-2H3,(H,16,18)(H,17,19)(H,20,21)/t10-,11+/m1/s1. The van der Waals surface area contributed by atoms with E-state index in [9.17, 15) is 14.4 Å². The molecule has 0 unspecified atom stereocenters. The third-order valence-electron chi connectivity index (χ3n) is 4.41. The Morgan fingerprint density at radius 1 is 1.19 bits per heavy atom. The van der Waals surface area contributed by atoms with E-state index in [1.54, 1.807) is 0 Å². The molecule has 21 heavy (non-hydrogen) atoms. The largest absolute Gasteiger partial charge is 0.480 e. The second-order valence-electron chi connectivity index (χ2n) is 6.58. The first-order valence-corrected chi connectivity index (χ1v) is 7.70. The molecular weight excluding hydrogens is 272 g/mol. The van der Waals surface area contributed by atoms with Gasteiger partial charge < -0.3 is 15.7 Å². The first-order valence-electron chi connectivity index (χ1n) is 7.70. The monoisotopic (exact) mass is 296 g/mol. The molecule has 0 aromatic rings. The van der Waals surface area contributed by atoms with Crippen molar-refractivity contribution >= 4 is 17.8 Å². The second-order valence-corrected chi connectivity index (χ2v) is 6.58. The van der Waals surface area contributed by atoms with Crippen molar-refractivity contribution in [1.29, 1.82) is 0 Å². The molecule has 2 aliphatic rings. The van der Waals surface area contributed by atoms with Crippen molar-refractivity contribution in [3.63, 3.8) is 0 Å². The quantitative estimate of drug-likeness (QED) is 0.661. The number of nitrogens with one attached hydrogen (secondary N) is 2. The zero-order chi connectivity index (χ0) is 15.6. The van der Waals surface area contributed by atoms with Gasteiger partial charge in [-0.2, -0.15) is 0 Å². The number of carbonyl (C=O) groups is 3. The number of rotatable bonds is 5. The highest BCUT2D eigenvalue weighted by molar-refractivity contribution is 6.04. The van der Waals surface area contributed by atoms with Gasteiger partial charge in [-0.15, -0.1) is 0 Å². The van der Waals surface area contributed by atoms with Gasteiger partial charge in [-0.05, 0) is 46.0 Å². The van der Waals surface area contributed by atoms with Crippen LogP contribution in [0.1, 0.15) is 52.4 Å². The average Bonchev–Trinajstić information content (AvgIpc) is 3.19. The van der Waals surface area contributed by atoms with Crippen molar-refractivity contribution in [2.45, 2.75) is 64.5 Å². The van der Waals surface area contributed by atoms with E-state index in [4.69, 9.17) is 5.11 Å². The van der Waals surface area contributed by atoms with Gasteiger partial charge in [-0.1, -0.05) is 6.42 Å². The van der Waals surface area contributed by atoms with Gasteiger partial charge in [0.15, 0.2) is 0 Å². The first-order chi connectivity index (χ1) is 9.85. The zero-order valence-corrected chi connectivity index (χ0v) is 12.6. The van der Waals surface area contributed by atoms with E-state index >= 15 is 0 Å². The zero-order valence-electron chi connectivity index (χ0n) is 12.6. The molecule has 2 atom stereocenters. The molecule has 0 spiro atoms. The molecule has 0 aromatic carbocycles. The van der Waals surface area contributed by atoms with Crippen LogP contribution >= 0.6 is 0 Å². The molecule has 3 N–H and O–H groups in total. The van der Waals surface area contributed by atoms with Crippen LogP contribution in [0.4, 0.5) is 0 Å². The summed E-state index contributed by atoms with van der Waals surface area (Å²) >= 11 is 0. The Morgan fingerprint density at radius 2 is 1.86 bits per heavy atom. The fraction of sp³-hybridized carbons (Fsp3) is 0.800. The van der Waals surface area contributed by atoms with Crippen molar-refractivity contribution < 1.29 is 19.5 Å². The SMILES string of the molecule is CC(C)NC(=O)[C@@H]1CCC[C@H](NC(=O)C2(C(=O)O)CC2)C1. The lowest BCUT2D eigenvalue weighted by Gasteiger charge is -2.30. The highest BCUT2D eigenvalue weighted by Gasteiger charge is 2.57. The maximum atomic E-state index is 12.1. The van der Waals surface area contributed by atoms with Gasteiger partial charge in [0.05, 0.1) is 0 Å². The summed E-state index contributed by atoms with van der Waals surface area (Å²) in [5, 5.41) is 14.9. The third kappa shape index (κ3) is 3.54. The van der Waals surface area contributed by atoms with Gasteiger partial charge in [0, 0.05) is 18.0 Å². The highest BCUT2D eigenvalue weighted by Crippen LogP contribution is 2.46. The van der Waals surface area contributed by atoms with Crippen LogP contribution in [0, 0.1) is 11.3 Å². The van der Waals surface area contributed by atoms with Crippen LogP contribution in [0.15, 0.2) is 0 Å². The van der Waals surface area contributed by atoms with Gasteiger partial charge in [-0.25, -0.2) is 0 Å². The van der Waals surface area contributed by atoms with Crippen LogP contribution in [0.25, 0.3) is 0 Å². The van der Waals surface area contributed by atoms with E-state index in [0.717, 1.165) is 19.3 Å². The fourth-order valence-corrected chi connectivity index (χ4v) is 2.95. The van der Waals surface area contributed by atoms with Crippen molar-refractivity contribution in [2.24, 2.45) is 11.3 Å². The molecule has 2 fully saturated rings. The van der Waals surface area contributed by atoms with Crippen LogP contribution in [0.3, 0.4) is 0 Å². The Hall–Kier alpha value is -1.59. The van der Waals surface area contributed by atoms with Crippen LogP contribution in [0.5, 0.6) is 0 Å². The number of carboxylic acids is 1. The van der Waals surface area contributed by atoms with E-state index in [1.807, 2.05) is 13.8 Å². The number of carbonyl (C=O) groups excluding carboxylic acids is 2.